The molecule has 2 atom stereocenters. The van der Waals surface area contributed by atoms with Gasteiger partial charge in [-0.1, -0.05) is 19.1 Å². The summed E-state index contributed by atoms with van der Waals surface area (Å²) in [4.78, 5) is 2.45. The third-order valence-corrected chi connectivity index (χ3v) is 3.68. The highest BCUT2D eigenvalue weighted by molar-refractivity contribution is 5.16. The van der Waals surface area contributed by atoms with Crippen molar-refractivity contribution in [2.24, 2.45) is 5.92 Å². The van der Waals surface area contributed by atoms with Crippen molar-refractivity contribution in [2.75, 3.05) is 20.1 Å². The predicted molar refractivity (Wildman–Crippen MR) is 68.3 cm³/mol. The van der Waals surface area contributed by atoms with E-state index >= 15 is 0 Å². The summed E-state index contributed by atoms with van der Waals surface area (Å²) in [5.74, 6) is 0.519. The van der Waals surface area contributed by atoms with Crippen LogP contribution in [0.3, 0.4) is 0 Å². The second-order valence-corrected chi connectivity index (χ2v) is 5.02. The van der Waals surface area contributed by atoms with Gasteiger partial charge < -0.3 is 5.32 Å². The molecule has 0 aromatic heterocycles. The molecule has 2 nitrogen and oxygen atoms in total. The number of piperidine rings is 1. The van der Waals surface area contributed by atoms with Gasteiger partial charge in [-0.15, -0.1) is 0 Å². The number of halogens is 1. The van der Waals surface area contributed by atoms with Crippen molar-refractivity contribution in [2.45, 2.75) is 25.9 Å². The Labute approximate surface area is 103 Å². The molecule has 1 heterocycles. The van der Waals surface area contributed by atoms with E-state index in [4.69, 9.17) is 0 Å². The van der Waals surface area contributed by atoms with E-state index in [0.29, 0.717) is 12.0 Å². The molecule has 0 aliphatic carbocycles. The van der Waals surface area contributed by atoms with E-state index in [1.807, 2.05) is 19.2 Å². The molecule has 0 amide bonds. The minimum atomic E-state index is -0.156. The smallest absolute Gasteiger partial charge is 0.123 e. The molecule has 1 fully saturated rings. The molecule has 1 aliphatic rings. The fraction of sp³-hybridized carbons (Fsp3) is 0.571. The summed E-state index contributed by atoms with van der Waals surface area (Å²) < 4.78 is 12.8. The number of hydrogen-bond donors (Lipinski definition) is 1. The lowest BCUT2D eigenvalue weighted by molar-refractivity contribution is 0.145. The first kappa shape index (κ1) is 12.5. The Balaban J connectivity index is 1.90. The van der Waals surface area contributed by atoms with Crippen LogP contribution >= 0.6 is 0 Å². The fourth-order valence-corrected chi connectivity index (χ4v) is 2.65. The molecule has 17 heavy (non-hydrogen) atoms. The largest absolute Gasteiger partial charge is 0.317 e. The Morgan fingerprint density at radius 2 is 2.06 bits per heavy atom. The molecular formula is C14H21FN2. The summed E-state index contributed by atoms with van der Waals surface area (Å²) in [6, 6.07) is 7.48. The average molecular weight is 236 g/mol. The van der Waals surface area contributed by atoms with E-state index in [0.717, 1.165) is 19.6 Å². The average Bonchev–Trinajstić information content (AvgIpc) is 2.32. The number of nitrogens with zero attached hydrogens (tertiary/aromatic N) is 1. The van der Waals surface area contributed by atoms with Crippen molar-refractivity contribution in [3.8, 4) is 0 Å². The van der Waals surface area contributed by atoms with E-state index < -0.39 is 0 Å². The van der Waals surface area contributed by atoms with Gasteiger partial charge in [-0.2, -0.15) is 0 Å². The molecule has 1 aromatic carbocycles. The Morgan fingerprint density at radius 3 is 2.65 bits per heavy atom. The first-order valence-electron chi connectivity index (χ1n) is 6.33. The molecule has 0 saturated carbocycles. The van der Waals surface area contributed by atoms with Gasteiger partial charge in [0.1, 0.15) is 5.82 Å². The van der Waals surface area contributed by atoms with Crippen LogP contribution in [0.15, 0.2) is 24.3 Å². The molecule has 0 bridgehead atoms. The first-order chi connectivity index (χ1) is 8.19. The molecule has 1 N–H and O–H groups in total. The van der Waals surface area contributed by atoms with Crippen molar-refractivity contribution < 1.29 is 4.39 Å². The van der Waals surface area contributed by atoms with Crippen LogP contribution in [0.4, 0.5) is 4.39 Å². The van der Waals surface area contributed by atoms with Gasteiger partial charge in [0.2, 0.25) is 0 Å². The van der Waals surface area contributed by atoms with Crippen LogP contribution in [0.5, 0.6) is 0 Å². The molecule has 3 heteroatoms. The summed E-state index contributed by atoms with van der Waals surface area (Å²) in [6.45, 7) is 5.45. The number of rotatable bonds is 3. The minimum Gasteiger partial charge on any atom is -0.317 e. The Hall–Kier alpha value is -0.930. The second kappa shape index (κ2) is 5.61. The van der Waals surface area contributed by atoms with Gasteiger partial charge in [-0.05, 0) is 43.6 Å². The van der Waals surface area contributed by atoms with E-state index in [9.17, 15) is 4.39 Å². The Morgan fingerprint density at radius 1 is 1.35 bits per heavy atom. The van der Waals surface area contributed by atoms with Crippen LogP contribution in [-0.2, 0) is 6.54 Å². The summed E-state index contributed by atoms with van der Waals surface area (Å²) in [6.07, 6.45) is 1.19. The molecule has 1 aromatic rings. The summed E-state index contributed by atoms with van der Waals surface area (Å²) in [7, 11) is 2.04. The molecule has 1 saturated heterocycles. The molecule has 2 rings (SSSR count). The minimum absolute atomic E-state index is 0.156. The molecule has 1 aliphatic heterocycles. The zero-order valence-electron chi connectivity index (χ0n) is 10.6. The van der Waals surface area contributed by atoms with Crippen molar-refractivity contribution in [3.05, 3.63) is 35.6 Å². The van der Waals surface area contributed by atoms with Gasteiger partial charge in [-0.25, -0.2) is 4.39 Å². The van der Waals surface area contributed by atoms with Gasteiger partial charge in [0.05, 0.1) is 0 Å². The molecule has 94 valence electrons. The van der Waals surface area contributed by atoms with Crippen molar-refractivity contribution >= 4 is 0 Å². The molecule has 0 radical (unpaired) electrons. The van der Waals surface area contributed by atoms with Crippen LogP contribution < -0.4 is 5.32 Å². The molecule has 2 unspecified atom stereocenters. The maximum absolute atomic E-state index is 12.8. The highest BCUT2D eigenvalue weighted by Crippen LogP contribution is 2.18. The van der Waals surface area contributed by atoms with Gasteiger partial charge in [0.15, 0.2) is 0 Å². The molecular weight excluding hydrogens is 215 g/mol. The topological polar surface area (TPSA) is 15.3 Å². The van der Waals surface area contributed by atoms with Gasteiger partial charge in [-0.3, -0.25) is 4.90 Å². The fourth-order valence-electron chi connectivity index (χ4n) is 2.65. The van der Waals surface area contributed by atoms with Crippen LogP contribution in [0, 0.1) is 11.7 Å². The highest BCUT2D eigenvalue weighted by Gasteiger charge is 2.24. The van der Waals surface area contributed by atoms with Crippen LogP contribution in [-0.4, -0.2) is 31.1 Å². The van der Waals surface area contributed by atoms with Gasteiger partial charge in [0, 0.05) is 19.1 Å². The quantitative estimate of drug-likeness (QED) is 0.866. The number of hydrogen-bond acceptors (Lipinski definition) is 2. The lowest BCUT2D eigenvalue weighted by Crippen LogP contribution is -2.46. The summed E-state index contributed by atoms with van der Waals surface area (Å²) >= 11 is 0. The monoisotopic (exact) mass is 236 g/mol. The summed E-state index contributed by atoms with van der Waals surface area (Å²) in [5.41, 5.74) is 1.20. The predicted octanol–water partition coefficient (Wildman–Crippen LogP) is 2.26. The third kappa shape index (κ3) is 3.27. The van der Waals surface area contributed by atoms with Crippen LogP contribution in [0.1, 0.15) is 18.9 Å². The zero-order chi connectivity index (χ0) is 12.3. The Kier molecular flexibility index (Phi) is 4.13. The SMILES string of the molecule is CNC1CCN(Cc2ccc(F)cc2)CC1C. The Bertz CT molecular complexity index is 350. The van der Waals surface area contributed by atoms with Gasteiger partial charge >= 0.3 is 0 Å². The van der Waals surface area contributed by atoms with Crippen LogP contribution in [0.25, 0.3) is 0 Å². The summed E-state index contributed by atoms with van der Waals surface area (Å²) in [5, 5.41) is 3.37. The van der Waals surface area contributed by atoms with Crippen molar-refractivity contribution in [1.29, 1.82) is 0 Å². The molecule has 0 spiro atoms. The number of benzene rings is 1. The lowest BCUT2D eigenvalue weighted by atomic mass is 9.94. The maximum atomic E-state index is 12.8. The van der Waals surface area contributed by atoms with E-state index in [-0.39, 0.29) is 5.82 Å². The third-order valence-electron chi connectivity index (χ3n) is 3.68. The van der Waals surface area contributed by atoms with Crippen molar-refractivity contribution in [1.82, 2.24) is 10.2 Å². The van der Waals surface area contributed by atoms with E-state index in [2.05, 4.69) is 17.1 Å². The van der Waals surface area contributed by atoms with Gasteiger partial charge in [0.25, 0.3) is 0 Å². The normalized spacial score (nSPS) is 26.1. The second-order valence-electron chi connectivity index (χ2n) is 5.02. The highest BCUT2D eigenvalue weighted by atomic mass is 19.1. The zero-order valence-corrected chi connectivity index (χ0v) is 10.6. The van der Waals surface area contributed by atoms with E-state index in [1.54, 1.807) is 12.1 Å². The van der Waals surface area contributed by atoms with E-state index in [1.165, 1.54) is 12.0 Å². The van der Waals surface area contributed by atoms with Crippen LogP contribution in [0.2, 0.25) is 0 Å². The number of nitrogens with one attached hydrogen (secondary N) is 1. The first-order valence-corrected chi connectivity index (χ1v) is 6.33. The number of likely N-dealkylation sites (tertiary alicyclic amines) is 1. The van der Waals surface area contributed by atoms with Crippen molar-refractivity contribution in [3.63, 3.8) is 0 Å². The lowest BCUT2D eigenvalue weighted by Gasteiger charge is -2.36. The standard InChI is InChI=1S/C14H21FN2/c1-11-9-17(8-7-14(11)16-2)10-12-3-5-13(15)6-4-12/h3-6,11,14,16H,7-10H2,1-2H3. The maximum Gasteiger partial charge on any atom is 0.123 e.